The molecule has 0 N–H and O–H groups in total. The van der Waals surface area contributed by atoms with Crippen LogP contribution in [0.4, 0.5) is 0 Å². The fourth-order valence-electron chi connectivity index (χ4n) is 7.02. The van der Waals surface area contributed by atoms with E-state index >= 15 is 0 Å². The Morgan fingerprint density at radius 1 is 0.483 bits per heavy atom. The number of hydrogen-bond donors (Lipinski definition) is 0. The first-order valence-corrected chi connectivity index (χ1v) is 25.0. The number of unbranched alkanes of at least 4 members (excludes halogenated alkanes) is 8. The molecule has 0 unspecified atom stereocenters. The van der Waals surface area contributed by atoms with Crippen LogP contribution in [0.15, 0.2) is 121 Å². The molecule has 0 amide bonds. The van der Waals surface area contributed by atoms with E-state index in [1.54, 1.807) is 0 Å². The van der Waals surface area contributed by atoms with E-state index < -0.39 is 18.1 Å². The van der Waals surface area contributed by atoms with Gasteiger partial charge in [-0.15, -0.1) is 0 Å². The number of rotatable bonds is 26. The van der Waals surface area contributed by atoms with Gasteiger partial charge in [-0.2, -0.15) is 0 Å². The molecule has 0 aliphatic carbocycles. The van der Waals surface area contributed by atoms with Gasteiger partial charge in [0, 0.05) is 13.0 Å². The zero-order valence-electron chi connectivity index (χ0n) is 36.7. The summed E-state index contributed by atoms with van der Waals surface area (Å²) in [6.07, 6.45) is 11.2. The number of ether oxygens (including phenoxy) is 3. The molecular formula is C50H74O6Si2. The zero-order chi connectivity index (χ0) is 41.8. The van der Waals surface area contributed by atoms with E-state index in [9.17, 15) is 4.79 Å². The highest BCUT2D eigenvalue weighted by Crippen LogP contribution is 2.36. The molecule has 0 radical (unpaired) electrons. The van der Waals surface area contributed by atoms with Gasteiger partial charge in [0.2, 0.25) is 0 Å². The fraction of sp³-hybridized carbons (Fsp3) is 0.500. The van der Waals surface area contributed by atoms with Gasteiger partial charge < -0.3 is 23.1 Å². The largest absolute Gasteiger partial charge is 0.520 e. The summed E-state index contributed by atoms with van der Waals surface area (Å²) in [6.45, 7) is 17.7. The lowest BCUT2D eigenvalue weighted by atomic mass is 9.87. The predicted molar refractivity (Wildman–Crippen MR) is 248 cm³/mol. The highest BCUT2D eigenvalue weighted by molar-refractivity contribution is 6.99. The molecule has 0 aliphatic heterocycles. The van der Waals surface area contributed by atoms with E-state index in [2.05, 4.69) is 133 Å². The van der Waals surface area contributed by atoms with E-state index in [4.69, 9.17) is 23.1 Å². The molecule has 58 heavy (non-hydrogen) atoms. The summed E-state index contributed by atoms with van der Waals surface area (Å²) in [5.41, 5.74) is 1.69. The van der Waals surface area contributed by atoms with Crippen LogP contribution in [0.5, 0.6) is 0 Å². The van der Waals surface area contributed by atoms with E-state index in [0.717, 1.165) is 25.9 Å². The van der Waals surface area contributed by atoms with Crippen molar-refractivity contribution in [1.82, 2.24) is 0 Å². The summed E-state index contributed by atoms with van der Waals surface area (Å²) in [4.78, 5) is 11.9. The SMILES string of the molecule is CC(C)(C)[Si](OCCOCCOCCOCCCCCCCCCCCC(=O)O[SiH2]c1ccccc1)(c1ccccc1)c1ccccc1.CC(C)(C)c1ccccc1. The molecule has 0 aliphatic rings. The van der Waals surface area contributed by atoms with Gasteiger partial charge in [-0.25, -0.2) is 0 Å². The first-order valence-electron chi connectivity index (χ1n) is 21.8. The van der Waals surface area contributed by atoms with Gasteiger partial charge in [-0.05, 0) is 44.4 Å². The standard InChI is InChI=1S/C40H60O6Si2.C10H14/c1-40(2,3)48(37-24-16-12-17-25-37,38-26-18-13-19-27-38)45-35-34-44-33-32-43-31-30-42-29-21-10-8-6-4-5-7-9-20-28-39(41)46-47-36-22-14-11-15-23-36;1-10(2,3)9-7-5-4-6-8-9/h11-19,22-27H,4-10,20-21,28-35,47H2,1-3H3;4-8H,1-3H3. The maximum atomic E-state index is 11.9. The lowest BCUT2D eigenvalue weighted by Crippen LogP contribution is -2.66. The van der Waals surface area contributed by atoms with Crippen LogP contribution >= 0.6 is 0 Å². The van der Waals surface area contributed by atoms with Crippen LogP contribution in [0.2, 0.25) is 5.04 Å². The molecule has 0 aromatic heterocycles. The van der Waals surface area contributed by atoms with Gasteiger partial charge in [0.05, 0.1) is 39.6 Å². The second-order valence-electron chi connectivity index (χ2n) is 17.0. The van der Waals surface area contributed by atoms with Crippen molar-refractivity contribution in [3.63, 3.8) is 0 Å². The molecule has 0 heterocycles. The Hall–Kier alpha value is -3.38. The third kappa shape index (κ3) is 19.1. The number of carbonyl (C=O) groups excluding carboxylic acids is 1. The monoisotopic (exact) mass is 827 g/mol. The topological polar surface area (TPSA) is 63.2 Å². The van der Waals surface area contributed by atoms with Crippen molar-refractivity contribution in [3.05, 3.63) is 127 Å². The summed E-state index contributed by atoms with van der Waals surface area (Å²) in [5, 5.41) is 3.71. The molecule has 0 spiro atoms. The van der Waals surface area contributed by atoms with Crippen LogP contribution in [0, 0.1) is 0 Å². The Kier molecular flexibility index (Phi) is 23.8. The third-order valence-electron chi connectivity index (χ3n) is 10.3. The van der Waals surface area contributed by atoms with Gasteiger partial charge >= 0.3 is 0 Å². The Labute approximate surface area is 355 Å². The quantitative estimate of drug-likeness (QED) is 0.0465. The minimum absolute atomic E-state index is 0.0300. The summed E-state index contributed by atoms with van der Waals surface area (Å²) in [6, 6.07) is 42.0. The fourth-order valence-corrected chi connectivity index (χ4v) is 12.5. The van der Waals surface area contributed by atoms with Gasteiger partial charge in [-0.3, -0.25) is 4.79 Å². The second kappa shape index (κ2) is 28.2. The van der Waals surface area contributed by atoms with Crippen LogP contribution in [-0.4, -0.2) is 70.3 Å². The zero-order valence-corrected chi connectivity index (χ0v) is 39.1. The average Bonchev–Trinajstić information content (AvgIpc) is 3.23. The molecular weight excluding hydrogens is 753 g/mol. The van der Waals surface area contributed by atoms with Crippen LogP contribution in [-0.2, 0) is 33.3 Å². The third-order valence-corrected chi connectivity index (χ3v) is 16.6. The van der Waals surface area contributed by atoms with Crippen molar-refractivity contribution in [2.24, 2.45) is 0 Å². The molecule has 8 heteroatoms. The maximum Gasteiger partial charge on any atom is 0.292 e. The normalized spacial score (nSPS) is 12.0. The molecule has 4 rings (SSSR count). The molecule has 4 aromatic rings. The van der Waals surface area contributed by atoms with Crippen molar-refractivity contribution in [2.75, 3.05) is 46.2 Å². The van der Waals surface area contributed by atoms with Gasteiger partial charge in [-0.1, -0.05) is 208 Å². The van der Waals surface area contributed by atoms with Crippen molar-refractivity contribution in [1.29, 1.82) is 0 Å². The van der Waals surface area contributed by atoms with Crippen LogP contribution in [0.1, 0.15) is 111 Å². The van der Waals surface area contributed by atoms with Gasteiger partial charge in [0.25, 0.3) is 24.0 Å². The van der Waals surface area contributed by atoms with Gasteiger partial charge in [0.1, 0.15) is 0 Å². The van der Waals surface area contributed by atoms with Crippen molar-refractivity contribution >= 4 is 39.6 Å². The molecule has 0 atom stereocenters. The predicted octanol–water partition coefficient (Wildman–Crippen LogP) is 9.45. The van der Waals surface area contributed by atoms with Gasteiger partial charge in [0.15, 0.2) is 0 Å². The van der Waals surface area contributed by atoms with Crippen molar-refractivity contribution in [2.45, 2.75) is 116 Å². The summed E-state index contributed by atoms with van der Waals surface area (Å²) in [5.74, 6) is -0.0300. The van der Waals surface area contributed by atoms with E-state index in [-0.39, 0.29) is 11.0 Å². The Morgan fingerprint density at radius 2 is 0.879 bits per heavy atom. The number of benzene rings is 4. The smallest absolute Gasteiger partial charge is 0.292 e. The summed E-state index contributed by atoms with van der Waals surface area (Å²) in [7, 11) is -3.44. The molecule has 0 saturated carbocycles. The lowest BCUT2D eigenvalue weighted by Gasteiger charge is -2.43. The first kappa shape index (κ1) is 49.0. The number of carbonyl (C=O) groups is 1. The molecule has 0 fully saturated rings. The maximum absolute atomic E-state index is 11.9. The lowest BCUT2D eigenvalue weighted by molar-refractivity contribution is -0.134. The van der Waals surface area contributed by atoms with Crippen LogP contribution in [0.3, 0.4) is 0 Å². The molecule has 6 nitrogen and oxygen atoms in total. The van der Waals surface area contributed by atoms with Crippen LogP contribution in [0.25, 0.3) is 0 Å². The van der Waals surface area contributed by atoms with Crippen molar-refractivity contribution < 1.29 is 27.9 Å². The molecule has 0 bridgehead atoms. The molecule has 4 aromatic carbocycles. The van der Waals surface area contributed by atoms with E-state index in [0.29, 0.717) is 51.5 Å². The van der Waals surface area contributed by atoms with Crippen molar-refractivity contribution in [3.8, 4) is 0 Å². The van der Waals surface area contributed by atoms with E-state index in [1.807, 2.05) is 30.3 Å². The highest BCUT2D eigenvalue weighted by Gasteiger charge is 2.50. The minimum Gasteiger partial charge on any atom is -0.520 e. The average molecular weight is 827 g/mol. The van der Waals surface area contributed by atoms with E-state index in [1.165, 1.54) is 59.6 Å². The highest BCUT2D eigenvalue weighted by atomic mass is 28.4. The molecule has 318 valence electrons. The minimum atomic E-state index is -2.52. The Bertz CT molecular complexity index is 1550. The number of hydrogen-bond acceptors (Lipinski definition) is 6. The molecule has 0 saturated heterocycles. The summed E-state index contributed by atoms with van der Waals surface area (Å²) >= 11 is 0. The van der Waals surface area contributed by atoms with Crippen LogP contribution < -0.4 is 15.6 Å². The summed E-state index contributed by atoms with van der Waals surface area (Å²) < 4.78 is 29.7. The Morgan fingerprint density at radius 3 is 1.33 bits per heavy atom. The second-order valence-corrected chi connectivity index (χ2v) is 22.7. The Balaban J connectivity index is 0.000000781. The first-order chi connectivity index (χ1) is 28.0.